The number of carboxylic acid groups (broad SMARTS) is 1. The Morgan fingerprint density at radius 2 is 2.05 bits per heavy atom. The van der Waals surface area contributed by atoms with Crippen molar-refractivity contribution >= 4 is 29.7 Å². The maximum atomic E-state index is 11.4. The minimum absolute atomic E-state index is 0.259. The Hall–Kier alpha value is -2.83. The first-order valence-corrected chi connectivity index (χ1v) is 5.31. The second-order valence-electron chi connectivity index (χ2n) is 3.57. The van der Waals surface area contributed by atoms with Gasteiger partial charge in [0.15, 0.2) is 0 Å². The predicted molar refractivity (Wildman–Crippen MR) is 69.3 cm³/mol. The van der Waals surface area contributed by atoms with Crippen LogP contribution in [0.2, 0.25) is 0 Å². The summed E-state index contributed by atoms with van der Waals surface area (Å²) in [5.41, 5.74) is 5.97. The number of carboxylic acids is 1. The fraction of sp³-hybridized carbons (Fsp3) is 0.0833. The van der Waals surface area contributed by atoms with Crippen LogP contribution in [0.5, 0.6) is 0 Å². The molecule has 19 heavy (non-hydrogen) atoms. The van der Waals surface area contributed by atoms with Crippen LogP contribution in [-0.2, 0) is 9.59 Å². The van der Waals surface area contributed by atoms with E-state index in [1.807, 2.05) is 0 Å². The van der Waals surface area contributed by atoms with Gasteiger partial charge in [-0.3, -0.25) is 4.79 Å². The van der Waals surface area contributed by atoms with Gasteiger partial charge in [0.2, 0.25) is 5.91 Å². The highest BCUT2D eigenvalue weighted by Crippen LogP contribution is 2.11. The Bertz CT molecular complexity index is 525. The summed E-state index contributed by atoms with van der Waals surface area (Å²) in [7, 11) is 0. The summed E-state index contributed by atoms with van der Waals surface area (Å²) in [6.45, 7) is -0.259. The molecule has 0 atom stereocenters. The molecule has 5 N–H and O–H groups in total. The van der Waals surface area contributed by atoms with Crippen LogP contribution in [0.15, 0.2) is 30.3 Å². The smallest absolute Gasteiger partial charge is 0.328 e. The lowest BCUT2D eigenvalue weighted by molar-refractivity contribution is -0.131. The molecule has 0 bridgehead atoms. The molecule has 0 radical (unpaired) electrons. The Morgan fingerprint density at radius 1 is 1.32 bits per heavy atom. The van der Waals surface area contributed by atoms with Gasteiger partial charge in [-0.1, -0.05) is 12.1 Å². The number of hydrogen-bond acceptors (Lipinski definition) is 3. The van der Waals surface area contributed by atoms with E-state index in [4.69, 9.17) is 10.8 Å². The molecule has 100 valence electrons. The molecule has 1 aromatic rings. The van der Waals surface area contributed by atoms with Crippen LogP contribution in [0, 0.1) is 0 Å². The van der Waals surface area contributed by atoms with Crippen molar-refractivity contribution in [2.45, 2.75) is 0 Å². The monoisotopic (exact) mass is 263 g/mol. The zero-order chi connectivity index (χ0) is 14.3. The quantitative estimate of drug-likeness (QED) is 0.574. The van der Waals surface area contributed by atoms with Gasteiger partial charge < -0.3 is 21.5 Å². The minimum Gasteiger partial charge on any atom is -0.478 e. The number of benzene rings is 1. The summed E-state index contributed by atoms with van der Waals surface area (Å²) < 4.78 is 0. The SMILES string of the molecule is NC(=O)CNC(=O)Nc1cccc(/C=C/C(=O)O)c1. The van der Waals surface area contributed by atoms with Crippen molar-refractivity contribution in [1.82, 2.24) is 5.32 Å². The van der Waals surface area contributed by atoms with Crippen LogP contribution in [0.4, 0.5) is 10.5 Å². The number of carbonyl (C=O) groups excluding carboxylic acids is 2. The summed E-state index contributed by atoms with van der Waals surface area (Å²) in [5, 5.41) is 13.3. The van der Waals surface area contributed by atoms with Crippen molar-refractivity contribution < 1.29 is 19.5 Å². The Morgan fingerprint density at radius 3 is 2.68 bits per heavy atom. The van der Waals surface area contributed by atoms with Gasteiger partial charge in [0.05, 0.1) is 6.54 Å². The van der Waals surface area contributed by atoms with Crippen molar-refractivity contribution in [3.63, 3.8) is 0 Å². The number of hydrogen-bond donors (Lipinski definition) is 4. The van der Waals surface area contributed by atoms with Crippen LogP contribution in [0.3, 0.4) is 0 Å². The maximum absolute atomic E-state index is 11.4. The third-order valence-corrected chi connectivity index (χ3v) is 1.99. The molecule has 0 aromatic heterocycles. The molecule has 1 aromatic carbocycles. The lowest BCUT2D eigenvalue weighted by atomic mass is 10.2. The van der Waals surface area contributed by atoms with E-state index >= 15 is 0 Å². The lowest BCUT2D eigenvalue weighted by Gasteiger charge is -2.06. The summed E-state index contributed by atoms with van der Waals surface area (Å²) >= 11 is 0. The molecule has 0 fully saturated rings. The Balaban J connectivity index is 2.64. The first kappa shape index (κ1) is 14.2. The second-order valence-corrected chi connectivity index (χ2v) is 3.57. The Kier molecular flexibility index (Phi) is 5.09. The molecule has 0 unspecified atom stereocenters. The van der Waals surface area contributed by atoms with Gasteiger partial charge >= 0.3 is 12.0 Å². The molecule has 0 aliphatic carbocycles. The molecule has 0 heterocycles. The van der Waals surface area contributed by atoms with Gasteiger partial charge in [0.25, 0.3) is 0 Å². The van der Waals surface area contributed by atoms with Gasteiger partial charge in [-0.25, -0.2) is 9.59 Å². The molecule has 0 aliphatic heterocycles. The largest absolute Gasteiger partial charge is 0.478 e. The molecular formula is C12H13N3O4. The van der Waals surface area contributed by atoms with Gasteiger partial charge in [0.1, 0.15) is 0 Å². The van der Waals surface area contributed by atoms with E-state index < -0.39 is 17.9 Å². The van der Waals surface area contributed by atoms with Gasteiger partial charge in [-0.05, 0) is 23.8 Å². The fourth-order valence-corrected chi connectivity index (χ4v) is 1.23. The summed E-state index contributed by atoms with van der Waals surface area (Å²) in [6, 6.07) is 5.99. The van der Waals surface area contributed by atoms with Crippen LogP contribution in [0.25, 0.3) is 6.08 Å². The predicted octanol–water partition coefficient (Wildman–Crippen LogP) is 0.391. The molecule has 0 spiro atoms. The zero-order valence-corrected chi connectivity index (χ0v) is 9.92. The first-order chi connectivity index (χ1) is 8.97. The molecular weight excluding hydrogens is 250 g/mol. The standard InChI is InChI=1S/C12H13N3O4/c13-10(16)7-14-12(19)15-9-3-1-2-8(6-9)4-5-11(17)18/h1-6H,7H2,(H2,13,16)(H,17,18)(H2,14,15,19)/b5-4+. The number of carbonyl (C=O) groups is 3. The molecule has 3 amide bonds. The number of nitrogens with two attached hydrogens (primary N) is 1. The van der Waals surface area contributed by atoms with Crippen molar-refractivity contribution in [2.75, 3.05) is 11.9 Å². The van der Waals surface area contributed by atoms with Gasteiger partial charge in [-0.2, -0.15) is 0 Å². The van der Waals surface area contributed by atoms with Crippen molar-refractivity contribution in [2.24, 2.45) is 5.73 Å². The maximum Gasteiger partial charge on any atom is 0.328 e. The third-order valence-electron chi connectivity index (χ3n) is 1.99. The van der Waals surface area contributed by atoms with E-state index in [1.165, 1.54) is 6.08 Å². The average Bonchev–Trinajstić information content (AvgIpc) is 2.34. The van der Waals surface area contributed by atoms with Crippen LogP contribution >= 0.6 is 0 Å². The van der Waals surface area contributed by atoms with E-state index in [0.717, 1.165) is 6.08 Å². The summed E-state index contributed by atoms with van der Waals surface area (Å²) in [5.74, 6) is -1.70. The molecule has 0 saturated carbocycles. The van der Waals surface area contributed by atoms with E-state index in [9.17, 15) is 14.4 Å². The highest BCUT2D eigenvalue weighted by atomic mass is 16.4. The average molecular weight is 263 g/mol. The third kappa shape index (κ3) is 5.87. The topological polar surface area (TPSA) is 122 Å². The van der Waals surface area contributed by atoms with Gasteiger partial charge in [-0.15, -0.1) is 0 Å². The Labute approximate surface area is 109 Å². The molecule has 7 nitrogen and oxygen atoms in total. The highest BCUT2D eigenvalue weighted by Gasteiger charge is 2.02. The molecule has 0 saturated heterocycles. The first-order valence-electron chi connectivity index (χ1n) is 5.31. The fourth-order valence-electron chi connectivity index (χ4n) is 1.23. The number of anilines is 1. The van der Waals surface area contributed by atoms with Gasteiger partial charge in [0, 0.05) is 11.8 Å². The lowest BCUT2D eigenvalue weighted by Crippen LogP contribution is -2.36. The normalized spacial score (nSPS) is 10.1. The van der Waals surface area contributed by atoms with Crippen LogP contribution < -0.4 is 16.4 Å². The molecule has 1 rings (SSSR count). The van der Waals surface area contributed by atoms with E-state index in [0.29, 0.717) is 11.3 Å². The number of aliphatic carboxylic acids is 1. The van der Waals surface area contributed by atoms with Crippen molar-refractivity contribution in [3.05, 3.63) is 35.9 Å². The zero-order valence-electron chi connectivity index (χ0n) is 9.92. The van der Waals surface area contributed by atoms with Crippen LogP contribution in [-0.4, -0.2) is 29.6 Å². The van der Waals surface area contributed by atoms with Crippen molar-refractivity contribution in [3.8, 4) is 0 Å². The van der Waals surface area contributed by atoms with E-state index in [1.54, 1.807) is 24.3 Å². The highest BCUT2D eigenvalue weighted by molar-refractivity contribution is 5.92. The second kappa shape index (κ2) is 6.80. The summed E-state index contributed by atoms with van der Waals surface area (Å²) in [6.07, 6.45) is 2.39. The summed E-state index contributed by atoms with van der Waals surface area (Å²) in [4.78, 5) is 32.2. The van der Waals surface area contributed by atoms with E-state index in [2.05, 4.69) is 10.6 Å². The number of amides is 3. The molecule has 0 aliphatic rings. The number of primary amides is 1. The molecule has 7 heteroatoms. The van der Waals surface area contributed by atoms with Crippen molar-refractivity contribution in [1.29, 1.82) is 0 Å². The minimum atomic E-state index is -1.06. The number of urea groups is 1. The van der Waals surface area contributed by atoms with E-state index in [-0.39, 0.29) is 6.54 Å². The number of nitrogens with one attached hydrogen (secondary N) is 2. The van der Waals surface area contributed by atoms with Crippen LogP contribution in [0.1, 0.15) is 5.56 Å². The number of rotatable bonds is 5.